The molecular formula is C29H38N6O2. The Hall–Kier alpha value is -3.33. The molecule has 2 aromatic heterocycles. The minimum Gasteiger partial charge on any atom is -0.384 e. The zero-order chi connectivity index (χ0) is 26.2. The normalized spacial score (nSPS) is 15.0. The van der Waals surface area contributed by atoms with Crippen LogP contribution in [0.25, 0.3) is 11.1 Å². The predicted octanol–water partition coefficient (Wildman–Crippen LogP) is 4.31. The number of benzene rings is 1. The van der Waals surface area contributed by atoms with Gasteiger partial charge in [-0.2, -0.15) is 0 Å². The number of methoxy groups -OCH3 is 1. The first-order chi connectivity index (χ1) is 18.1. The Morgan fingerprint density at radius 3 is 2.57 bits per heavy atom. The van der Waals surface area contributed by atoms with Gasteiger partial charge in [0.2, 0.25) is 0 Å². The molecule has 0 bridgehead atoms. The van der Waals surface area contributed by atoms with E-state index in [-0.39, 0.29) is 5.92 Å². The van der Waals surface area contributed by atoms with Gasteiger partial charge in [-0.1, -0.05) is 13.0 Å². The number of aldehydes is 1. The molecule has 1 unspecified atom stereocenters. The van der Waals surface area contributed by atoms with Crippen molar-refractivity contribution in [3.8, 4) is 11.1 Å². The Kier molecular flexibility index (Phi) is 9.22. The molecule has 1 atom stereocenters. The molecule has 8 heteroatoms. The van der Waals surface area contributed by atoms with Gasteiger partial charge in [-0.15, -0.1) is 0 Å². The molecule has 1 aliphatic heterocycles. The lowest BCUT2D eigenvalue weighted by Gasteiger charge is -2.33. The highest BCUT2D eigenvalue weighted by Gasteiger charge is 2.18. The molecule has 0 spiro atoms. The largest absolute Gasteiger partial charge is 0.384 e. The molecule has 1 fully saturated rings. The van der Waals surface area contributed by atoms with Crippen LogP contribution in [-0.4, -0.2) is 75.1 Å². The number of pyridine rings is 2. The average Bonchev–Trinajstić information content (AvgIpc) is 2.93. The second-order valence-electron chi connectivity index (χ2n) is 9.55. The minimum absolute atomic E-state index is 0.226. The molecule has 1 saturated heterocycles. The van der Waals surface area contributed by atoms with Crippen molar-refractivity contribution in [2.24, 2.45) is 0 Å². The van der Waals surface area contributed by atoms with E-state index < -0.39 is 0 Å². The third-order valence-corrected chi connectivity index (χ3v) is 7.08. The fourth-order valence-electron chi connectivity index (χ4n) is 4.85. The summed E-state index contributed by atoms with van der Waals surface area (Å²) in [6, 6.07) is 12.2. The lowest BCUT2D eigenvalue weighted by atomic mass is 9.92. The molecule has 1 aromatic carbocycles. The highest BCUT2D eigenvalue weighted by atomic mass is 16.5. The third kappa shape index (κ3) is 6.33. The number of aromatic nitrogens is 2. The van der Waals surface area contributed by atoms with Crippen LogP contribution >= 0.6 is 0 Å². The summed E-state index contributed by atoms with van der Waals surface area (Å²) in [7, 11) is 5.76. The van der Waals surface area contributed by atoms with Crippen LogP contribution in [0.15, 0.2) is 48.8 Å². The van der Waals surface area contributed by atoms with E-state index in [4.69, 9.17) is 4.74 Å². The molecule has 196 valence electrons. The summed E-state index contributed by atoms with van der Waals surface area (Å²) in [5.74, 6) is 0.935. The smallest absolute Gasteiger partial charge is 0.152 e. The molecule has 0 radical (unpaired) electrons. The zero-order valence-electron chi connectivity index (χ0n) is 22.3. The number of carbonyl (C=O) groups is 1. The van der Waals surface area contributed by atoms with Crippen molar-refractivity contribution in [1.82, 2.24) is 20.2 Å². The van der Waals surface area contributed by atoms with Gasteiger partial charge in [-0.05, 0) is 67.5 Å². The van der Waals surface area contributed by atoms with E-state index in [1.54, 1.807) is 7.11 Å². The van der Waals surface area contributed by atoms with Crippen molar-refractivity contribution in [3.05, 3.63) is 65.6 Å². The van der Waals surface area contributed by atoms with Crippen molar-refractivity contribution in [1.29, 1.82) is 0 Å². The number of ether oxygens (including phenoxy) is 1. The fourth-order valence-corrected chi connectivity index (χ4v) is 4.85. The van der Waals surface area contributed by atoms with E-state index in [0.717, 1.165) is 72.6 Å². The number of hydrogen-bond acceptors (Lipinski definition) is 8. The van der Waals surface area contributed by atoms with Crippen LogP contribution in [-0.2, 0) is 11.3 Å². The molecule has 3 heterocycles. The van der Waals surface area contributed by atoms with Gasteiger partial charge in [0, 0.05) is 63.2 Å². The molecular weight excluding hydrogens is 464 g/mol. The van der Waals surface area contributed by atoms with Gasteiger partial charge in [0.25, 0.3) is 0 Å². The summed E-state index contributed by atoms with van der Waals surface area (Å²) < 4.78 is 5.40. The van der Waals surface area contributed by atoms with Gasteiger partial charge in [-0.3, -0.25) is 9.78 Å². The quantitative estimate of drug-likeness (QED) is 0.376. The van der Waals surface area contributed by atoms with Crippen molar-refractivity contribution in [2.75, 3.05) is 64.2 Å². The lowest BCUT2D eigenvalue weighted by molar-refractivity contribution is 0.112. The van der Waals surface area contributed by atoms with Gasteiger partial charge in [0.15, 0.2) is 6.29 Å². The summed E-state index contributed by atoms with van der Waals surface area (Å²) in [5.41, 5.74) is 6.46. The summed E-state index contributed by atoms with van der Waals surface area (Å²) in [6.45, 7) is 7.41. The topological polar surface area (TPSA) is 82.6 Å². The summed E-state index contributed by atoms with van der Waals surface area (Å²) in [4.78, 5) is 26.3. The van der Waals surface area contributed by atoms with E-state index in [2.05, 4.69) is 62.6 Å². The molecule has 4 rings (SSSR count). The van der Waals surface area contributed by atoms with E-state index in [1.165, 1.54) is 0 Å². The van der Waals surface area contributed by atoms with Crippen LogP contribution in [0, 0.1) is 0 Å². The summed E-state index contributed by atoms with van der Waals surface area (Å²) in [6.07, 6.45) is 5.61. The second-order valence-corrected chi connectivity index (χ2v) is 9.55. The van der Waals surface area contributed by atoms with Crippen LogP contribution in [0.1, 0.15) is 40.9 Å². The second kappa shape index (κ2) is 12.8. The van der Waals surface area contributed by atoms with Crippen LogP contribution < -0.4 is 15.5 Å². The Balaban J connectivity index is 1.62. The number of piperazine rings is 1. The highest BCUT2D eigenvalue weighted by Crippen LogP contribution is 2.33. The monoisotopic (exact) mass is 502 g/mol. The first-order valence-electron chi connectivity index (χ1n) is 12.9. The minimum atomic E-state index is 0.226. The van der Waals surface area contributed by atoms with Crippen LogP contribution in [0.2, 0.25) is 0 Å². The number of likely N-dealkylation sites (N-methyl/N-ethyl adjacent to an activating group) is 1. The van der Waals surface area contributed by atoms with Crippen LogP contribution in [0.3, 0.4) is 0 Å². The van der Waals surface area contributed by atoms with E-state index >= 15 is 0 Å². The Morgan fingerprint density at radius 2 is 1.92 bits per heavy atom. The molecule has 37 heavy (non-hydrogen) atoms. The van der Waals surface area contributed by atoms with Crippen LogP contribution in [0.4, 0.5) is 17.2 Å². The van der Waals surface area contributed by atoms with E-state index in [0.29, 0.717) is 24.5 Å². The molecule has 2 N–H and O–H groups in total. The molecule has 3 aromatic rings. The van der Waals surface area contributed by atoms with E-state index in [1.807, 2.05) is 37.6 Å². The number of nitrogens with zero attached hydrogens (tertiary/aromatic N) is 4. The Labute approximate surface area is 220 Å². The SMILES string of the molecule is CCC(COC)c1cc(-c2ccc(Nc3ccc(N4CCN(C)CC4)cn3)c(C=O)c2CNC)ccn1. The maximum atomic E-state index is 12.4. The van der Waals surface area contributed by atoms with Gasteiger partial charge in [0.1, 0.15) is 5.82 Å². The molecule has 8 nitrogen and oxygen atoms in total. The van der Waals surface area contributed by atoms with Crippen molar-refractivity contribution >= 4 is 23.5 Å². The molecule has 0 amide bonds. The number of carbonyl (C=O) groups excluding carboxylic acids is 1. The summed E-state index contributed by atoms with van der Waals surface area (Å²) >= 11 is 0. The first-order valence-corrected chi connectivity index (χ1v) is 12.9. The Bertz CT molecular complexity index is 1180. The van der Waals surface area contributed by atoms with Crippen molar-refractivity contribution in [2.45, 2.75) is 25.8 Å². The number of rotatable bonds is 11. The maximum absolute atomic E-state index is 12.4. The van der Waals surface area contributed by atoms with Crippen molar-refractivity contribution in [3.63, 3.8) is 0 Å². The number of hydrogen-bond donors (Lipinski definition) is 2. The van der Waals surface area contributed by atoms with Gasteiger partial charge in [-0.25, -0.2) is 4.98 Å². The van der Waals surface area contributed by atoms with Crippen LogP contribution in [0.5, 0.6) is 0 Å². The lowest BCUT2D eigenvalue weighted by Crippen LogP contribution is -2.44. The fraction of sp³-hybridized carbons (Fsp3) is 0.414. The number of nitrogens with one attached hydrogen (secondary N) is 2. The third-order valence-electron chi connectivity index (χ3n) is 7.08. The first kappa shape index (κ1) is 26.7. The van der Waals surface area contributed by atoms with Gasteiger partial charge >= 0.3 is 0 Å². The zero-order valence-corrected chi connectivity index (χ0v) is 22.3. The predicted molar refractivity (Wildman–Crippen MR) is 150 cm³/mol. The van der Waals surface area contributed by atoms with Gasteiger partial charge in [0.05, 0.1) is 24.2 Å². The Morgan fingerprint density at radius 1 is 1.11 bits per heavy atom. The highest BCUT2D eigenvalue weighted by molar-refractivity contribution is 5.91. The molecule has 0 saturated carbocycles. The molecule has 0 aliphatic carbocycles. The maximum Gasteiger partial charge on any atom is 0.152 e. The molecule has 1 aliphatic rings. The van der Waals surface area contributed by atoms with E-state index in [9.17, 15) is 4.79 Å². The standard InChI is InChI=1S/C29H38N6O2/c1-5-21(20-37-4)28-16-22(10-11-31-28)24-7-8-27(26(19-36)25(24)18-30-2)33-29-9-6-23(17-32-29)35-14-12-34(3)13-15-35/h6-11,16-17,19,21,30H,5,12-15,18,20H2,1-4H3,(H,32,33). The average molecular weight is 503 g/mol. The van der Waals surface area contributed by atoms with Crippen molar-refractivity contribution < 1.29 is 9.53 Å². The summed E-state index contributed by atoms with van der Waals surface area (Å²) in [5, 5.41) is 6.60. The number of anilines is 3. The van der Waals surface area contributed by atoms with Gasteiger partial charge < -0.3 is 25.2 Å².